The van der Waals surface area contributed by atoms with E-state index in [1.54, 1.807) is 0 Å². The number of hydrogen-bond donors (Lipinski definition) is 2. The first kappa shape index (κ1) is 8.78. The van der Waals surface area contributed by atoms with Crippen LogP contribution in [0, 0.1) is 0 Å². The Bertz CT molecular complexity index is 95.0. The zero-order chi connectivity index (χ0) is 7.28. The van der Waals surface area contributed by atoms with E-state index in [-0.39, 0.29) is 23.6 Å². The number of carbonyl (C=O) groups is 1. The second kappa shape index (κ2) is 4.64. The third-order valence-electron chi connectivity index (χ3n) is 0.624. The maximum atomic E-state index is 10.6. The third kappa shape index (κ3) is 5.65. The maximum Gasteiger partial charge on any atom is 0.254 e. The Balaban J connectivity index is 3.27. The summed E-state index contributed by atoms with van der Waals surface area (Å²) in [7, 11) is 1.51. The van der Waals surface area contributed by atoms with Gasteiger partial charge in [0.05, 0.1) is 0 Å². The molecular formula is C5H13NO2S. The summed E-state index contributed by atoms with van der Waals surface area (Å²) in [6.45, 7) is 0.167. The van der Waals surface area contributed by atoms with Crippen LogP contribution in [0.25, 0.3) is 0 Å². The zero-order valence-corrected chi connectivity index (χ0v) is 6.87. The van der Waals surface area contributed by atoms with Crippen molar-refractivity contribution in [3.05, 3.63) is 0 Å². The van der Waals surface area contributed by atoms with E-state index in [2.05, 4.69) is 9.46 Å². The van der Waals surface area contributed by atoms with E-state index in [0.29, 0.717) is 0 Å². The van der Waals surface area contributed by atoms with Crippen LogP contribution in [0.5, 0.6) is 0 Å². The highest BCUT2D eigenvalue weighted by atomic mass is 32.2. The highest BCUT2D eigenvalue weighted by Crippen LogP contribution is 2.03. The molecule has 0 aromatic carbocycles. The maximum absolute atomic E-state index is 10.6. The van der Waals surface area contributed by atoms with E-state index >= 15 is 0 Å². The van der Waals surface area contributed by atoms with Gasteiger partial charge >= 0.3 is 0 Å². The molecule has 0 aromatic heterocycles. The standard InChI is InChI=1S/C5H13NO2S/c1-8-4-5(7)6-9(2)3/h9H,4H2,1-3H3,(H,6,7). The van der Waals surface area contributed by atoms with E-state index in [1.807, 2.05) is 12.5 Å². The average Bonchev–Trinajstić information content (AvgIpc) is 1.63. The van der Waals surface area contributed by atoms with Gasteiger partial charge in [0, 0.05) is 7.11 Å². The molecule has 0 fully saturated rings. The Labute approximate surface area is 58.3 Å². The van der Waals surface area contributed by atoms with Gasteiger partial charge in [0.25, 0.3) is 5.91 Å². The van der Waals surface area contributed by atoms with Gasteiger partial charge in [0.2, 0.25) is 0 Å². The molecule has 3 nitrogen and oxygen atoms in total. The molecular weight excluding hydrogens is 138 g/mol. The number of rotatable bonds is 3. The second-order valence-corrected chi connectivity index (χ2v) is 3.87. The number of ether oxygens (including phenoxy) is 1. The Hall–Kier alpha value is -0.220. The molecule has 0 aliphatic rings. The molecule has 0 heterocycles. The van der Waals surface area contributed by atoms with Crippen molar-refractivity contribution >= 4 is 17.0 Å². The fourth-order valence-corrected chi connectivity index (χ4v) is 0.976. The number of amides is 1. The minimum atomic E-state index is -0.331. The molecule has 0 rings (SSSR count). The largest absolute Gasteiger partial charge is 0.375 e. The van der Waals surface area contributed by atoms with Crippen LogP contribution >= 0.6 is 11.1 Å². The molecule has 0 aliphatic carbocycles. The molecule has 0 saturated carbocycles. The highest BCUT2D eigenvalue weighted by Gasteiger charge is 1.97. The predicted octanol–water partition coefficient (Wildman–Crippen LogP) is -0.0752. The molecule has 1 N–H and O–H groups in total. The van der Waals surface area contributed by atoms with Crippen LogP contribution in [0.4, 0.5) is 0 Å². The summed E-state index contributed by atoms with van der Waals surface area (Å²) in [5, 5.41) is 0. The van der Waals surface area contributed by atoms with Crippen LogP contribution in [-0.4, -0.2) is 32.1 Å². The molecule has 0 saturated heterocycles. The minimum absolute atomic E-state index is 0.0337. The summed E-state index contributed by atoms with van der Waals surface area (Å²) in [4.78, 5) is 10.6. The Kier molecular flexibility index (Phi) is 4.53. The fourth-order valence-electron chi connectivity index (χ4n) is 0.413. The highest BCUT2D eigenvalue weighted by molar-refractivity contribution is 8.14. The van der Waals surface area contributed by atoms with Gasteiger partial charge in [-0.25, -0.2) is 0 Å². The van der Waals surface area contributed by atoms with Gasteiger partial charge in [0.15, 0.2) is 0 Å². The molecule has 9 heavy (non-hydrogen) atoms. The molecule has 0 aliphatic heterocycles. The van der Waals surface area contributed by atoms with Gasteiger partial charge in [-0.3, -0.25) is 4.79 Å². The SMILES string of the molecule is COCC(=O)N[SH](C)C. The van der Waals surface area contributed by atoms with Crippen molar-refractivity contribution in [2.24, 2.45) is 0 Å². The van der Waals surface area contributed by atoms with Gasteiger partial charge in [-0.1, -0.05) is 0 Å². The van der Waals surface area contributed by atoms with E-state index in [9.17, 15) is 4.79 Å². The van der Waals surface area contributed by atoms with Gasteiger partial charge in [-0.15, -0.1) is 0 Å². The van der Waals surface area contributed by atoms with E-state index in [4.69, 9.17) is 0 Å². The molecule has 1 amide bonds. The lowest BCUT2D eigenvalue weighted by Gasteiger charge is -2.10. The summed E-state index contributed by atoms with van der Waals surface area (Å²) in [5.41, 5.74) is 0. The normalized spacial score (nSPS) is 10.8. The number of hydrogen-bond acceptors (Lipinski definition) is 2. The van der Waals surface area contributed by atoms with Crippen molar-refractivity contribution in [3.63, 3.8) is 0 Å². The first-order valence-corrected chi connectivity index (χ1v) is 4.86. The molecule has 4 heteroatoms. The van der Waals surface area contributed by atoms with Crippen LogP contribution in [0.3, 0.4) is 0 Å². The zero-order valence-electron chi connectivity index (χ0n) is 5.97. The summed E-state index contributed by atoms with van der Waals surface area (Å²) in [6.07, 6.45) is 3.95. The molecule has 0 atom stereocenters. The van der Waals surface area contributed by atoms with E-state index < -0.39 is 0 Å². The van der Waals surface area contributed by atoms with Crippen molar-refractivity contribution in [1.29, 1.82) is 0 Å². The van der Waals surface area contributed by atoms with Crippen LogP contribution in [0.15, 0.2) is 0 Å². The monoisotopic (exact) mass is 151 g/mol. The van der Waals surface area contributed by atoms with Gasteiger partial charge in [0.1, 0.15) is 6.61 Å². The number of methoxy groups -OCH3 is 1. The van der Waals surface area contributed by atoms with Crippen LogP contribution in [-0.2, 0) is 9.53 Å². The van der Waals surface area contributed by atoms with Crippen LogP contribution in [0.2, 0.25) is 0 Å². The summed E-state index contributed by atoms with van der Waals surface area (Å²) < 4.78 is 7.35. The lowest BCUT2D eigenvalue weighted by Crippen LogP contribution is -2.23. The number of carbonyl (C=O) groups excluding carboxylic acids is 1. The van der Waals surface area contributed by atoms with Gasteiger partial charge in [-0.05, 0) is 12.5 Å². The molecule has 0 bridgehead atoms. The quantitative estimate of drug-likeness (QED) is 0.554. The molecule has 0 spiro atoms. The first-order chi connectivity index (χ1) is 4.16. The van der Waals surface area contributed by atoms with Crippen molar-refractivity contribution < 1.29 is 9.53 Å². The topological polar surface area (TPSA) is 38.3 Å². The Morgan fingerprint density at radius 1 is 1.67 bits per heavy atom. The van der Waals surface area contributed by atoms with Crippen LogP contribution in [0.1, 0.15) is 0 Å². The second-order valence-electron chi connectivity index (χ2n) is 1.86. The Morgan fingerprint density at radius 2 is 2.22 bits per heavy atom. The van der Waals surface area contributed by atoms with Crippen molar-refractivity contribution in [2.45, 2.75) is 0 Å². The summed E-state index contributed by atoms with van der Waals surface area (Å²) in [5.74, 6) is -0.0337. The smallest absolute Gasteiger partial charge is 0.254 e. The van der Waals surface area contributed by atoms with E-state index in [1.165, 1.54) is 7.11 Å². The van der Waals surface area contributed by atoms with Crippen molar-refractivity contribution in [2.75, 3.05) is 26.2 Å². The molecule has 0 aromatic rings. The summed E-state index contributed by atoms with van der Waals surface area (Å²) in [6, 6.07) is 0. The van der Waals surface area contributed by atoms with E-state index in [0.717, 1.165) is 0 Å². The predicted molar refractivity (Wildman–Crippen MR) is 40.9 cm³/mol. The number of nitrogens with one attached hydrogen (secondary N) is 1. The average molecular weight is 151 g/mol. The van der Waals surface area contributed by atoms with Crippen molar-refractivity contribution in [3.8, 4) is 0 Å². The lowest BCUT2D eigenvalue weighted by atomic mass is 10.7. The van der Waals surface area contributed by atoms with Gasteiger partial charge < -0.3 is 9.46 Å². The van der Waals surface area contributed by atoms with Crippen LogP contribution < -0.4 is 4.72 Å². The lowest BCUT2D eigenvalue weighted by molar-refractivity contribution is -0.122. The minimum Gasteiger partial charge on any atom is -0.375 e. The molecule has 0 radical (unpaired) electrons. The fraction of sp³-hybridized carbons (Fsp3) is 0.800. The molecule has 0 unspecified atom stereocenters. The number of thiol groups is 1. The molecule has 56 valence electrons. The van der Waals surface area contributed by atoms with Gasteiger partial charge in [-0.2, -0.15) is 11.1 Å². The third-order valence-corrected chi connectivity index (χ3v) is 1.32. The van der Waals surface area contributed by atoms with Crippen molar-refractivity contribution in [1.82, 2.24) is 4.72 Å². The Morgan fingerprint density at radius 3 is 2.56 bits per heavy atom. The summed E-state index contributed by atoms with van der Waals surface area (Å²) >= 11 is -0.331. The first-order valence-electron chi connectivity index (χ1n) is 2.62.